The maximum Gasteiger partial charge on any atom is 0.339 e. The molecule has 4 rings (SSSR count). The molecule has 0 spiro atoms. The van der Waals surface area contributed by atoms with Gasteiger partial charge in [0.25, 0.3) is 5.89 Å². The molecular formula is C20H13FN2O4S. The molecule has 0 radical (unpaired) electrons. The SMILES string of the molecule is Cc1ccc(-c2csc(NC(=O)c3nc4ccccc4o3)c2C(=O)O)c(F)c1. The number of nitrogens with zero attached hydrogens (tertiary/aromatic N) is 1. The van der Waals surface area contributed by atoms with Crippen LogP contribution in [0.15, 0.2) is 52.3 Å². The Hall–Kier alpha value is -3.52. The van der Waals surface area contributed by atoms with E-state index in [4.69, 9.17) is 4.42 Å². The second kappa shape index (κ2) is 6.90. The Bertz CT molecular complexity index is 1200. The number of halogens is 1. The minimum absolute atomic E-state index is 0.0785. The first-order chi connectivity index (χ1) is 13.4. The number of nitrogens with one attached hydrogen (secondary N) is 1. The van der Waals surface area contributed by atoms with E-state index < -0.39 is 17.7 Å². The number of oxazole rings is 1. The third-order valence-electron chi connectivity index (χ3n) is 4.13. The number of para-hydroxylation sites is 2. The summed E-state index contributed by atoms with van der Waals surface area (Å²) in [7, 11) is 0. The quantitative estimate of drug-likeness (QED) is 0.509. The number of carbonyl (C=O) groups is 2. The lowest BCUT2D eigenvalue weighted by Crippen LogP contribution is -2.14. The third-order valence-corrected chi connectivity index (χ3v) is 5.03. The number of aromatic carboxylic acids is 1. The fraction of sp³-hybridized carbons (Fsp3) is 0.0500. The van der Waals surface area contributed by atoms with Gasteiger partial charge in [-0.3, -0.25) is 4.79 Å². The molecule has 1 amide bonds. The highest BCUT2D eigenvalue weighted by molar-refractivity contribution is 7.15. The monoisotopic (exact) mass is 396 g/mol. The number of carboxylic acids is 1. The van der Waals surface area contributed by atoms with Crippen molar-refractivity contribution in [2.45, 2.75) is 6.92 Å². The number of amides is 1. The number of carbonyl (C=O) groups excluding carboxylic acids is 1. The van der Waals surface area contributed by atoms with Crippen LogP contribution >= 0.6 is 11.3 Å². The normalized spacial score (nSPS) is 10.9. The van der Waals surface area contributed by atoms with Gasteiger partial charge in [-0.25, -0.2) is 14.2 Å². The predicted molar refractivity (Wildman–Crippen MR) is 103 cm³/mol. The highest BCUT2D eigenvalue weighted by Crippen LogP contribution is 2.37. The van der Waals surface area contributed by atoms with Crippen molar-refractivity contribution in [3.8, 4) is 11.1 Å². The van der Waals surface area contributed by atoms with E-state index in [-0.39, 0.29) is 27.6 Å². The molecular weight excluding hydrogens is 383 g/mol. The Morgan fingerprint density at radius 1 is 1.18 bits per heavy atom. The molecule has 4 aromatic rings. The molecule has 2 heterocycles. The summed E-state index contributed by atoms with van der Waals surface area (Å²) in [5.74, 6) is -2.67. The van der Waals surface area contributed by atoms with Crippen LogP contribution in [0.1, 0.15) is 26.6 Å². The zero-order valence-corrected chi connectivity index (χ0v) is 15.3. The topological polar surface area (TPSA) is 92.4 Å². The van der Waals surface area contributed by atoms with Gasteiger partial charge in [0.15, 0.2) is 5.58 Å². The van der Waals surface area contributed by atoms with Crippen molar-refractivity contribution in [2.75, 3.05) is 5.32 Å². The highest BCUT2D eigenvalue weighted by Gasteiger charge is 2.24. The van der Waals surface area contributed by atoms with Crippen molar-refractivity contribution in [2.24, 2.45) is 0 Å². The van der Waals surface area contributed by atoms with Crippen molar-refractivity contribution in [1.82, 2.24) is 4.98 Å². The van der Waals surface area contributed by atoms with Crippen LogP contribution < -0.4 is 5.32 Å². The van der Waals surface area contributed by atoms with Crippen LogP contribution in [0.25, 0.3) is 22.2 Å². The van der Waals surface area contributed by atoms with E-state index in [0.717, 1.165) is 16.9 Å². The first kappa shape index (κ1) is 17.9. The van der Waals surface area contributed by atoms with Crippen LogP contribution in [0.5, 0.6) is 0 Å². The van der Waals surface area contributed by atoms with Gasteiger partial charge in [-0.2, -0.15) is 0 Å². The van der Waals surface area contributed by atoms with Crippen molar-refractivity contribution < 1.29 is 23.5 Å². The molecule has 0 fully saturated rings. The summed E-state index contributed by atoms with van der Waals surface area (Å²) in [5.41, 5.74) is 1.85. The van der Waals surface area contributed by atoms with Gasteiger partial charge in [-0.1, -0.05) is 24.3 Å². The zero-order chi connectivity index (χ0) is 19.8. The number of rotatable bonds is 4. The molecule has 0 saturated carbocycles. The lowest BCUT2D eigenvalue weighted by Gasteiger charge is -2.06. The van der Waals surface area contributed by atoms with Crippen LogP contribution in [0.2, 0.25) is 0 Å². The number of anilines is 1. The molecule has 0 aliphatic rings. The van der Waals surface area contributed by atoms with Crippen molar-refractivity contribution in [1.29, 1.82) is 0 Å². The Morgan fingerprint density at radius 2 is 1.96 bits per heavy atom. The van der Waals surface area contributed by atoms with Gasteiger partial charge in [-0.05, 0) is 30.7 Å². The van der Waals surface area contributed by atoms with Gasteiger partial charge in [0.2, 0.25) is 0 Å². The van der Waals surface area contributed by atoms with Gasteiger partial charge in [0.05, 0.1) is 0 Å². The summed E-state index contributed by atoms with van der Waals surface area (Å²) in [6.45, 7) is 1.74. The Balaban J connectivity index is 1.71. The van der Waals surface area contributed by atoms with Gasteiger partial charge in [0, 0.05) is 16.5 Å². The molecule has 0 saturated heterocycles. The zero-order valence-electron chi connectivity index (χ0n) is 14.5. The number of fused-ring (bicyclic) bond motifs is 1. The summed E-state index contributed by atoms with van der Waals surface area (Å²) in [5, 5.41) is 13.7. The van der Waals surface area contributed by atoms with Crippen LogP contribution in [0.3, 0.4) is 0 Å². The fourth-order valence-corrected chi connectivity index (χ4v) is 3.77. The molecule has 2 aromatic heterocycles. The summed E-state index contributed by atoms with van der Waals surface area (Å²) < 4.78 is 19.7. The molecule has 2 N–H and O–H groups in total. The maximum atomic E-state index is 14.3. The number of aromatic nitrogens is 1. The number of benzene rings is 2. The van der Waals surface area contributed by atoms with E-state index in [9.17, 15) is 19.1 Å². The summed E-state index contributed by atoms with van der Waals surface area (Å²) in [4.78, 5) is 28.4. The fourth-order valence-electron chi connectivity index (χ4n) is 2.82. The van der Waals surface area contributed by atoms with E-state index in [2.05, 4.69) is 10.3 Å². The number of aryl methyl sites for hydroxylation is 1. The molecule has 0 atom stereocenters. The van der Waals surface area contributed by atoms with Crippen LogP contribution in [-0.2, 0) is 0 Å². The third kappa shape index (κ3) is 3.14. The number of thiophene rings is 1. The lowest BCUT2D eigenvalue weighted by atomic mass is 10.0. The average Bonchev–Trinajstić information content (AvgIpc) is 3.26. The average molecular weight is 396 g/mol. The standard InChI is InChI=1S/C20H13FN2O4S/c1-10-6-7-11(13(21)8-10)12-9-28-19(16(12)20(25)26)23-17(24)18-22-14-4-2-3-5-15(14)27-18/h2-9H,1H3,(H,23,24)(H,25,26). The maximum absolute atomic E-state index is 14.3. The molecule has 2 aromatic carbocycles. The Morgan fingerprint density at radius 3 is 2.68 bits per heavy atom. The summed E-state index contributed by atoms with van der Waals surface area (Å²) >= 11 is 0.993. The number of carboxylic acid groups (broad SMARTS) is 1. The van der Waals surface area contributed by atoms with Crippen LogP contribution in [0.4, 0.5) is 9.39 Å². The van der Waals surface area contributed by atoms with Crippen LogP contribution in [0, 0.1) is 12.7 Å². The van der Waals surface area contributed by atoms with E-state index in [0.29, 0.717) is 11.1 Å². The van der Waals surface area contributed by atoms with Gasteiger partial charge < -0.3 is 14.8 Å². The highest BCUT2D eigenvalue weighted by atomic mass is 32.1. The molecule has 28 heavy (non-hydrogen) atoms. The first-order valence-corrected chi connectivity index (χ1v) is 9.10. The molecule has 0 unspecified atom stereocenters. The number of hydrogen-bond donors (Lipinski definition) is 2. The summed E-state index contributed by atoms with van der Waals surface area (Å²) in [6, 6.07) is 11.4. The van der Waals surface area contributed by atoms with E-state index in [1.54, 1.807) is 37.3 Å². The van der Waals surface area contributed by atoms with Gasteiger partial charge in [0.1, 0.15) is 21.9 Å². The molecule has 6 nitrogen and oxygen atoms in total. The van der Waals surface area contributed by atoms with Crippen molar-refractivity contribution >= 4 is 39.3 Å². The lowest BCUT2D eigenvalue weighted by molar-refractivity contribution is 0.0699. The van der Waals surface area contributed by atoms with E-state index >= 15 is 0 Å². The second-order valence-electron chi connectivity index (χ2n) is 6.08. The van der Waals surface area contributed by atoms with Crippen molar-refractivity contribution in [3.05, 3.63) is 70.7 Å². The van der Waals surface area contributed by atoms with E-state index in [1.807, 2.05) is 0 Å². The second-order valence-corrected chi connectivity index (χ2v) is 6.96. The largest absolute Gasteiger partial charge is 0.478 e. The molecule has 140 valence electrons. The Kier molecular flexibility index (Phi) is 4.40. The predicted octanol–water partition coefficient (Wildman–Crippen LogP) is 4.95. The Labute approximate surface area is 162 Å². The minimum Gasteiger partial charge on any atom is -0.478 e. The number of hydrogen-bond acceptors (Lipinski definition) is 5. The first-order valence-electron chi connectivity index (χ1n) is 8.22. The molecule has 0 aliphatic heterocycles. The van der Waals surface area contributed by atoms with E-state index in [1.165, 1.54) is 17.5 Å². The molecule has 8 heteroatoms. The van der Waals surface area contributed by atoms with Crippen molar-refractivity contribution in [3.63, 3.8) is 0 Å². The van der Waals surface area contributed by atoms with Crippen LogP contribution in [-0.4, -0.2) is 22.0 Å². The summed E-state index contributed by atoms with van der Waals surface area (Å²) in [6.07, 6.45) is 0. The smallest absolute Gasteiger partial charge is 0.339 e. The van der Waals surface area contributed by atoms with Gasteiger partial charge in [-0.15, -0.1) is 11.3 Å². The molecule has 0 aliphatic carbocycles. The molecule has 0 bridgehead atoms. The minimum atomic E-state index is -1.27. The van der Waals surface area contributed by atoms with Gasteiger partial charge >= 0.3 is 11.9 Å².